The van der Waals surface area contributed by atoms with Crippen LogP contribution in [0.5, 0.6) is 5.75 Å². The van der Waals surface area contributed by atoms with Gasteiger partial charge in [0.2, 0.25) is 5.91 Å². The Balaban J connectivity index is 2.01. The summed E-state index contributed by atoms with van der Waals surface area (Å²) in [6.45, 7) is -0.283. The highest BCUT2D eigenvalue weighted by Gasteiger charge is 2.38. The lowest BCUT2D eigenvalue weighted by Gasteiger charge is -2.18. The van der Waals surface area contributed by atoms with E-state index in [-0.39, 0.29) is 11.7 Å². The molecular weight excluding hydrogens is 275 g/mol. The zero-order chi connectivity index (χ0) is 14.8. The van der Waals surface area contributed by atoms with Crippen molar-refractivity contribution in [3.8, 4) is 5.75 Å². The lowest BCUT2D eigenvalue weighted by molar-refractivity contribution is -0.210. The van der Waals surface area contributed by atoms with Crippen molar-refractivity contribution in [3.63, 3.8) is 0 Å². The number of hydrogen-bond donors (Lipinski definition) is 1. The van der Waals surface area contributed by atoms with Crippen molar-refractivity contribution in [2.75, 3.05) is 18.1 Å². The first-order valence-corrected chi connectivity index (χ1v) is 6.16. The maximum Gasteiger partial charge on any atom is 0.417 e. The molecule has 7 heteroatoms. The molecule has 1 N–H and O–H groups in total. The number of nitrogens with zero attached hydrogens (tertiary/aromatic N) is 1. The molecule has 0 bridgehead atoms. The van der Waals surface area contributed by atoms with Crippen LogP contribution in [0.2, 0.25) is 0 Å². The largest absolute Gasteiger partial charge is 0.490 e. The van der Waals surface area contributed by atoms with E-state index in [4.69, 9.17) is 9.84 Å². The predicted molar refractivity (Wildman–Crippen MR) is 65.6 cm³/mol. The molecule has 1 aromatic carbocycles. The fourth-order valence-corrected chi connectivity index (χ4v) is 1.93. The molecule has 0 unspecified atom stereocenters. The maximum atomic E-state index is 12.1. The van der Waals surface area contributed by atoms with Gasteiger partial charge in [-0.15, -0.1) is 0 Å². The molecule has 0 aliphatic carbocycles. The quantitative estimate of drug-likeness (QED) is 0.923. The number of ether oxygens (including phenoxy) is 1. The van der Waals surface area contributed by atoms with Crippen LogP contribution in [0.3, 0.4) is 0 Å². The second kappa shape index (κ2) is 5.70. The Kier molecular flexibility index (Phi) is 4.17. The van der Waals surface area contributed by atoms with E-state index in [1.54, 1.807) is 17.0 Å². The second-order valence-electron chi connectivity index (χ2n) is 4.51. The van der Waals surface area contributed by atoms with E-state index in [9.17, 15) is 18.0 Å². The molecule has 110 valence electrons. The minimum absolute atomic E-state index is 0.0162. The topological polar surface area (TPSA) is 49.8 Å². The Morgan fingerprint density at radius 1 is 1.40 bits per heavy atom. The van der Waals surface area contributed by atoms with E-state index in [1.807, 2.05) is 0 Å². The minimum atomic E-state index is -4.71. The van der Waals surface area contributed by atoms with Gasteiger partial charge in [-0.05, 0) is 18.6 Å². The van der Waals surface area contributed by atoms with Crippen LogP contribution in [0.1, 0.15) is 12.8 Å². The van der Waals surface area contributed by atoms with Gasteiger partial charge in [-0.2, -0.15) is 13.2 Å². The van der Waals surface area contributed by atoms with Gasteiger partial charge in [-0.1, -0.05) is 6.07 Å². The van der Waals surface area contributed by atoms with E-state index in [2.05, 4.69) is 0 Å². The number of aliphatic hydroxyl groups excluding tert-OH is 1. The lowest BCUT2D eigenvalue weighted by Crippen LogP contribution is -2.34. The van der Waals surface area contributed by atoms with Crippen LogP contribution >= 0.6 is 0 Å². The summed E-state index contributed by atoms with van der Waals surface area (Å²) in [5.41, 5.74) is 0.589. The van der Waals surface area contributed by atoms with Crippen molar-refractivity contribution in [1.82, 2.24) is 0 Å². The van der Waals surface area contributed by atoms with E-state index in [0.717, 1.165) is 6.42 Å². The van der Waals surface area contributed by atoms with Crippen molar-refractivity contribution < 1.29 is 27.8 Å². The number of carbonyl (C=O) groups excluding carboxylic acids is 1. The molecule has 1 heterocycles. The number of alkyl halides is 3. The summed E-state index contributed by atoms with van der Waals surface area (Å²) in [4.78, 5) is 13.1. The molecule has 0 radical (unpaired) electrons. The molecular formula is C13H14F3NO3. The Morgan fingerprint density at radius 2 is 2.15 bits per heavy atom. The van der Waals surface area contributed by atoms with Crippen LogP contribution in [0.25, 0.3) is 0 Å². The summed E-state index contributed by atoms with van der Waals surface area (Å²) in [5.74, 6) is 0.169. The number of anilines is 1. The van der Waals surface area contributed by atoms with Gasteiger partial charge in [0.25, 0.3) is 0 Å². The number of carbonyl (C=O) groups is 1. The first kappa shape index (κ1) is 14.6. The van der Waals surface area contributed by atoms with Crippen LogP contribution in [0.4, 0.5) is 18.9 Å². The van der Waals surface area contributed by atoms with Gasteiger partial charge in [0.1, 0.15) is 12.4 Å². The van der Waals surface area contributed by atoms with Crippen molar-refractivity contribution in [3.05, 3.63) is 24.3 Å². The van der Waals surface area contributed by atoms with Gasteiger partial charge < -0.3 is 14.7 Å². The van der Waals surface area contributed by atoms with Gasteiger partial charge >= 0.3 is 6.18 Å². The van der Waals surface area contributed by atoms with Crippen molar-refractivity contribution in [1.29, 1.82) is 0 Å². The van der Waals surface area contributed by atoms with Crippen LogP contribution in [0.15, 0.2) is 24.3 Å². The predicted octanol–water partition coefficient (Wildman–Crippen LogP) is 2.12. The van der Waals surface area contributed by atoms with Crippen molar-refractivity contribution in [2.45, 2.75) is 25.1 Å². The first-order valence-electron chi connectivity index (χ1n) is 6.16. The first-order chi connectivity index (χ1) is 9.38. The highest BCUT2D eigenvalue weighted by atomic mass is 19.4. The Hall–Kier alpha value is -1.76. The second-order valence-corrected chi connectivity index (χ2v) is 4.51. The van der Waals surface area contributed by atoms with Crippen LogP contribution in [0, 0.1) is 0 Å². The summed E-state index contributed by atoms with van der Waals surface area (Å²) < 4.78 is 41.4. The van der Waals surface area contributed by atoms with Gasteiger partial charge in [-0.3, -0.25) is 4.79 Å². The molecule has 0 spiro atoms. The van der Waals surface area contributed by atoms with Crippen LogP contribution < -0.4 is 9.64 Å². The van der Waals surface area contributed by atoms with E-state index in [0.29, 0.717) is 18.7 Å². The highest BCUT2D eigenvalue weighted by molar-refractivity contribution is 5.95. The normalized spacial score (nSPS) is 17.4. The number of aliphatic hydroxyl groups is 1. The third-order valence-electron chi connectivity index (χ3n) is 2.99. The summed E-state index contributed by atoms with van der Waals surface area (Å²) in [7, 11) is 0. The summed E-state index contributed by atoms with van der Waals surface area (Å²) >= 11 is 0. The van der Waals surface area contributed by atoms with Crippen LogP contribution in [-0.2, 0) is 4.79 Å². The van der Waals surface area contributed by atoms with Gasteiger partial charge in [0, 0.05) is 24.7 Å². The SMILES string of the molecule is O=C1CCCN1c1cccc(OC[C@@H](O)C(F)(F)F)c1. The van der Waals surface area contributed by atoms with Gasteiger partial charge in [0.15, 0.2) is 6.10 Å². The average molecular weight is 289 g/mol. The molecule has 2 rings (SSSR count). The molecule has 1 aromatic rings. The molecule has 1 fully saturated rings. The summed E-state index contributed by atoms with van der Waals surface area (Å²) in [6.07, 6.45) is -6.00. The average Bonchev–Trinajstić information content (AvgIpc) is 2.81. The molecule has 1 aliphatic heterocycles. The molecule has 1 saturated heterocycles. The number of halogens is 3. The Morgan fingerprint density at radius 3 is 2.75 bits per heavy atom. The lowest BCUT2D eigenvalue weighted by atomic mass is 10.2. The van der Waals surface area contributed by atoms with Gasteiger partial charge in [0.05, 0.1) is 0 Å². The fourth-order valence-electron chi connectivity index (χ4n) is 1.93. The molecule has 4 nitrogen and oxygen atoms in total. The highest BCUT2D eigenvalue weighted by Crippen LogP contribution is 2.26. The third-order valence-corrected chi connectivity index (χ3v) is 2.99. The molecule has 1 aliphatic rings. The Bertz CT molecular complexity index is 490. The molecule has 1 amide bonds. The Labute approximate surface area is 113 Å². The molecule has 1 atom stereocenters. The summed E-state index contributed by atoms with van der Waals surface area (Å²) in [5, 5.41) is 8.86. The van der Waals surface area contributed by atoms with E-state index in [1.165, 1.54) is 12.1 Å². The third kappa shape index (κ3) is 3.41. The number of amides is 1. The fraction of sp³-hybridized carbons (Fsp3) is 0.462. The maximum absolute atomic E-state index is 12.1. The van der Waals surface area contributed by atoms with E-state index < -0.39 is 18.9 Å². The van der Waals surface area contributed by atoms with Gasteiger partial charge in [-0.25, -0.2) is 0 Å². The van der Waals surface area contributed by atoms with Crippen molar-refractivity contribution >= 4 is 11.6 Å². The monoisotopic (exact) mass is 289 g/mol. The van der Waals surface area contributed by atoms with E-state index >= 15 is 0 Å². The smallest absolute Gasteiger partial charge is 0.417 e. The standard InChI is InChI=1S/C13H14F3NO3/c14-13(15,16)11(18)8-20-10-4-1-3-9(7-10)17-6-2-5-12(17)19/h1,3-4,7,11,18H,2,5-6,8H2/t11-/m1/s1. The number of benzene rings is 1. The molecule has 0 saturated carbocycles. The minimum Gasteiger partial charge on any atom is -0.490 e. The number of rotatable bonds is 4. The van der Waals surface area contributed by atoms with Crippen LogP contribution in [-0.4, -0.2) is 36.4 Å². The molecule has 20 heavy (non-hydrogen) atoms. The zero-order valence-corrected chi connectivity index (χ0v) is 10.6. The van der Waals surface area contributed by atoms with Crippen molar-refractivity contribution in [2.24, 2.45) is 0 Å². The summed E-state index contributed by atoms with van der Waals surface area (Å²) in [6, 6.07) is 6.26. The number of hydrogen-bond acceptors (Lipinski definition) is 3. The zero-order valence-electron chi connectivity index (χ0n) is 10.6. The molecule has 0 aromatic heterocycles.